The first kappa shape index (κ1) is 15.5. The molecule has 2 aliphatic heterocycles. The van der Waals surface area contributed by atoms with Gasteiger partial charge < -0.3 is 9.84 Å². The maximum Gasteiger partial charge on any atom is 0.135 e. The van der Waals surface area contributed by atoms with Crippen molar-refractivity contribution in [3.05, 3.63) is 42.0 Å². The number of nitrogens with zero attached hydrogens (tertiary/aromatic N) is 1. The summed E-state index contributed by atoms with van der Waals surface area (Å²) in [4.78, 5) is 2.60. The molecule has 4 heteroatoms. The van der Waals surface area contributed by atoms with Gasteiger partial charge in [0, 0.05) is 23.6 Å². The number of ether oxygens (including phenoxy) is 1. The molecule has 1 saturated heterocycles. The van der Waals surface area contributed by atoms with E-state index >= 15 is 0 Å². The second kappa shape index (κ2) is 5.23. The summed E-state index contributed by atoms with van der Waals surface area (Å²) in [6.45, 7) is 6.00. The molecule has 0 radical (unpaired) electrons. The molecule has 2 fully saturated rings. The molecule has 2 bridgehead atoms. The smallest absolute Gasteiger partial charge is 0.135 e. The molecule has 3 nitrogen and oxygen atoms in total. The van der Waals surface area contributed by atoms with E-state index in [9.17, 15) is 5.11 Å². The zero-order valence-corrected chi connectivity index (χ0v) is 14.1. The first-order chi connectivity index (χ1) is 10.8. The predicted octanol–water partition coefficient (Wildman–Crippen LogP) is 2.69. The number of piperidine rings is 1. The maximum absolute atomic E-state index is 10.6. The molecule has 5 atom stereocenters. The van der Waals surface area contributed by atoms with Gasteiger partial charge in [0.05, 0.1) is 6.10 Å². The third-order valence-electron chi connectivity index (χ3n) is 6.66. The van der Waals surface area contributed by atoms with Crippen molar-refractivity contribution in [1.82, 2.24) is 4.90 Å². The van der Waals surface area contributed by atoms with Crippen LogP contribution in [-0.4, -0.2) is 41.3 Å². The Kier molecular flexibility index (Phi) is 3.53. The van der Waals surface area contributed by atoms with Crippen LogP contribution in [0.1, 0.15) is 30.4 Å². The number of rotatable bonds is 2. The average molecular weight is 334 g/mol. The van der Waals surface area contributed by atoms with E-state index < -0.39 is 0 Å². The quantitative estimate of drug-likeness (QED) is 0.845. The number of aliphatic hydroxyl groups is 1. The molecule has 5 rings (SSSR count). The molecule has 2 aliphatic carbocycles. The molecule has 2 heterocycles. The Hall–Kier alpha value is -1.03. The maximum atomic E-state index is 10.6. The SMILES string of the molecule is C=CCN1CC[C@]23c4c5cccc4O[C@H]2[C@@H](O)CC[C@H]3[C@H]1C5.Cl. The molecule has 1 N–H and O–H groups in total. The second-order valence-corrected chi connectivity index (χ2v) is 7.43. The van der Waals surface area contributed by atoms with E-state index in [1.807, 2.05) is 6.08 Å². The summed E-state index contributed by atoms with van der Waals surface area (Å²) in [6, 6.07) is 7.06. The zero-order chi connectivity index (χ0) is 14.9. The van der Waals surface area contributed by atoms with E-state index in [1.165, 1.54) is 11.1 Å². The lowest BCUT2D eigenvalue weighted by atomic mass is 9.51. The fourth-order valence-electron chi connectivity index (χ4n) is 5.96. The van der Waals surface area contributed by atoms with Crippen molar-refractivity contribution >= 4 is 12.4 Å². The Morgan fingerprint density at radius 3 is 3.09 bits per heavy atom. The van der Waals surface area contributed by atoms with Gasteiger partial charge in [-0.05, 0) is 49.8 Å². The normalized spacial score (nSPS) is 39.9. The number of benzene rings is 1. The second-order valence-electron chi connectivity index (χ2n) is 7.43. The summed E-state index contributed by atoms with van der Waals surface area (Å²) in [6.07, 6.45) is 5.90. The highest BCUT2D eigenvalue weighted by Crippen LogP contribution is 2.62. The van der Waals surface area contributed by atoms with Gasteiger partial charge in [-0.3, -0.25) is 4.90 Å². The number of likely N-dealkylation sites (tertiary alicyclic amines) is 1. The Labute approximate surface area is 143 Å². The minimum absolute atomic E-state index is 0. The third kappa shape index (κ3) is 1.79. The summed E-state index contributed by atoms with van der Waals surface area (Å²) in [5.41, 5.74) is 2.95. The standard InChI is InChI=1S/C19H23NO2.ClH/c1-2-9-20-10-8-19-13-6-7-15(21)18(19)22-16-5-3-4-12(17(16)19)11-14(13)20;/h2-5,13-15,18,21H,1,6-11H2;1H/t13-,14+,15-,18-,19-;/m0./s1. The van der Waals surface area contributed by atoms with Gasteiger partial charge in [0.1, 0.15) is 11.9 Å². The van der Waals surface area contributed by atoms with Crippen molar-refractivity contribution in [2.45, 2.75) is 49.3 Å². The highest BCUT2D eigenvalue weighted by Gasteiger charge is 2.64. The molecule has 1 aromatic rings. The summed E-state index contributed by atoms with van der Waals surface area (Å²) in [5, 5.41) is 10.6. The van der Waals surface area contributed by atoms with Crippen molar-refractivity contribution in [3.63, 3.8) is 0 Å². The molecule has 0 unspecified atom stereocenters. The third-order valence-corrected chi connectivity index (χ3v) is 6.66. The molecule has 1 aromatic carbocycles. The number of aliphatic hydroxyl groups excluding tert-OH is 1. The fraction of sp³-hybridized carbons (Fsp3) is 0.579. The molecule has 1 saturated carbocycles. The molecule has 4 aliphatic rings. The minimum Gasteiger partial charge on any atom is -0.486 e. The minimum atomic E-state index is -0.318. The fourth-order valence-corrected chi connectivity index (χ4v) is 5.96. The van der Waals surface area contributed by atoms with Crippen molar-refractivity contribution < 1.29 is 9.84 Å². The highest BCUT2D eigenvalue weighted by atomic mass is 35.5. The Morgan fingerprint density at radius 2 is 2.26 bits per heavy atom. The van der Waals surface area contributed by atoms with Gasteiger partial charge in [-0.15, -0.1) is 19.0 Å². The van der Waals surface area contributed by atoms with Crippen LogP contribution in [0.5, 0.6) is 5.75 Å². The van der Waals surface area contributed by atoms with E-state index in [4.69, 9.17) is 4.74 Å². The van der Waals surface area contributed by atoms with Crippen LogP contribution in [0.25, 0.3) is 0 Å². The predicted molar refractivity (Wildman–Crippen MR) is 92.4 cm³/mol. The van der Waals surface area contributed by atoms with E-state index in [1.54, 1.807) is 0 Å². The van der Waals surface area contributed by atoms with Crippen molar-refractivity contribution in [1.29, 1.82) is 0 Å². The monoisotopic (exact) mass is 333 g/mol. The van der Waals surface area contributed by atoms with Gasteiger partial charge >= 0.3 is 0 Å². The first-order valence-electron chi connectivity index (χ1n) is 8.58. The van der Waals surface area contributed by atoms with Gasteiger partial charge in [0.15, 0.2) is 0 Å². The van der Waals surface area contributed by atoms with E-state index in [-0.39, 0.29) is 30.0 Å². The van der Waals surface area contributed by atoms with Gasteiger partial charge in [-0.1, -0.05) is 18.2 Å². The van der Waals surface area contributed by atoms with Crippen LogP contribution in [0.15, 0.2) is 30.9 Å². The summed E-state index contributed by atoms with van der Waals surface area (Å²) < 4.78 is 6.30. The Balaban J connectivity index is 0.00000135. The van der Waals surface area contributed by atoms with Gasteiger partial charge in [0.25, 0.3) is 0 Å². The van der Waals surface area contributed by atoms with Crippen LogP contribution in [0, 0.1) is 5.92 Å². The van der Waals surface area contributed by atoms with Crippen LogP contribution < -0.4 is 4.74 Å². The van der Waals surface area contributed by atoms with E-state index in [2.05, 4.69) is 29.7 Å². The van der Waals surface area contributed by atoms with Crippen molar-refractivity contribution in [2.75, 3.05) is 13.1 Å². The molecular formula is C19H24ClNO2. The molecule has 1 spiro atoms. The lowest BCUT2D eigenvalue weighted by Gasteiger charge is -2.59. The molecule has 124 valence electrons. The lowest BCUT2D eigenvalue weighted by molar-refractivity contribution is -0.102. The van der Waals surface area contributed by atoms with Crippen LogP contribution >= 0.6 is 12.4 Å². The summed E-state index contributed by atoms with van der Waals surface area (Å²) in [7, 11) is 0. The molecule has 23 heavy (non-hydrogen) atoms. The Morgan fingerprint density at radius 1 is 1.39 bits per heavy atom. The van der Waals surface area contributed by atoms with Crippen LogP contribution in [-0.2, 0) is 11.8 Å². The number of halogens is 1. The molecular weight excluding hydrogens is 310 g/mol. The number of hydrogen-bond acceptors (Lipinski definition) is 3. The lowest BCUT2D eigenvalue weighted by Crippen LogP contribution is -2.66. The topological polar surface area (TPSA) is 32.7 Å². The highest BCUT2D eigenvalue weighted by molar-refractivity contribution is 5.85. The van der Waals surface area contributed by atoms with Gasteiger partial charge in [0.2, 0.25) is 0 Å². The van der Waals surface area contributed by atoms with E-state index in [0.29, 0.717) is 12.0 Å². The first-order valence-corrected chi connectivity index (χ1v) is 8.58. The van der Waals surface area contributed by atoms with Gasteiger partial charge in [-0.2, -0.15) is 0 Å². The van der Waals surface area contributed by atoms with Crippen molar-refractivity contribution in [3.8, 4) is 5.75 Å². The van der Waals surface area contributed by atoms with E-state index in [0.717, 1.165) is 44.5 Å². The molecule has 0 aromatic heterocycles. The average Bonchev–Trinajstić information content (AvgIpc) is 2.86. The van der Waals surface area contributed by atoms with Crippen LogP contribution in [0.4, 0.5) is 0 Å². The Bertz CT molecular complexity index is 648. The number of hydrogen-bond donors (Lipinski definition) is 1. The zero-order valence-electron chi connectivity index (χ0n) is 13.3. The van der Waals surface area contributed by atoms with Gasteiger partial charge in [-0.25, -0.2) is 0 Å². The summed E-state index contributed by atoms with van der Waals surface area (Å²) >= 11 is 0. The van der Waals surface area contributed by atoms with Crippen LogP contribution in [0.2, 0.25) is 0 Å². The summed E-state index contributed by atoms with van der Waals surface area (Å²) in [5.74, 6) is 1.66. The van der Waals surface area contributed by atoms with Crippen LogP contribution in [0.3, 0.4) is 0 Å². The molecule has 0 amide bonds. The largest absolute Gasteiger partial charge is 0.486 e. The van der Waals surface area contributed by atoms with Crippen molar-refractivity contribution in [2.24, 2.45) is 5.92 Å².